The van der Waals surface area contributed by atoms with E-state index in [9.17, 15) is 4.79 Å². The third kappa shape index (κ3) is 3.65. The Morgan fingerprint density at radius 2 is 2.12 bits per heavy atom. The van der Waals surface area contributed by atoms with Crippen molar-refractivity contribution in [2.45, 2.75) is 0 Å². The summed E-state index contributed by atoms with van der Waals surface area (Å²) in [6, 6.07) is 6.92. The summed E-state index contributed by atoms with van der Waals surface area (Å²) in [5, 5.41) is 0. The van der Waals surface area contributed by atoms with E-state index in [1.54, 1.807) is 42.3 Å². The van der Waals surface area contributed by atoms with E-state index in [1.165, 1.54) is 0 Å². The van der Waals surface area contributed by atoms with Gasteiger partial charge in [-0.15, -0.1) is 6.58 Å². The molecular weight excluding hydrogens is 204 g/mol. The van der Waals surface area contributed by atoms with E-state index in [0.29, 0.717) is 18.0 Å². The van der Waals surface area contributed by atoms with Crippen molar-refractivity contribution in [3.8, 4) is 5.75 Å². The van der Waals surface area contributed by atoms with Gasteiger partial charge in [-0.3, -0.25) is 4.79 Å². The van der Waals surface area contributed by atoms with Gasteiger partial charge < -0.3 is 15.4 Å². The number of nitrogens with two attached hydrogens (primary N) is 1. The van der Waals surface area contributed by atoms with Gasteiger partial charge in [0.2, 0.25) is 0 Å². The van der Waals surface area contributed by atoms with E-state index in [4.69, 9.17) is 10.5 Å². The number of rotatable bonds is 5. The summed E-state index contributed by atoms with van der Waals surface area (Å²) in [7, 11) is 1.70. The third-order valence-electron chi connectivity index (χ3n) is 2.07. The van der Waals surface area contributed by atoms with Crippen molar-refractivity contribution in [2.24, 2.45) is 0 Å². The van der Waals surface area contributed by atoms with Gasteiger partial charge in [-0.25, -0.2) is 0 Å². The predicted octanol–water partition coefficient (Wildman–Crippen LogP) is 1.29. The summed E-state index contributed by atoms with van der Waals surface area (Å²) >= 11 is 0. The molecule has 0 saturated heterocycles. The van der Waals surface area contributed by atoms with Crippen LogP contribution >= 0.6 is 0 Å². The second-order valence-electron chi connectivity index (χ2n) is 3.42. The minimum atomic E-state index is -0.0864. The molecule has 0 atom stereocenters. The summed E-state index contributed by atoms with van der Waals surface area (Å²) in [6.45, 7) is 4.10. The molecule has 0 spiro atoms. The number of amides is 1. The largest absolute Gasteiger partial charge is 0.484 e. The van der Waals surface area contributed by atoms with Crippen LogP contribution in [-0.2, 0) is 4.79 Å². The summed E-state index contributed by atoms with van der Waals surface area (Å²) in [4.78, 5) is 13.0. The molecule has 86 valence electrons. The maximum absolute atomic E-state index is 11.5. The maximum Gasteiger partial charge on any atom is 0.260 e. The third-order valence-corrected chi connectivity index (χ3v) is 2.07. The highest BCUT2D eigenvalue weighted by Crippen LogP contribution is 2.12. The highest BCUT2D eigenvalue weighted by molar-refractivity contribution is 5.77. The first-order chi connectivity index (χ1) is 7.63. The van der Waals surface area contributed by atoms with Crippen LogP contribution in [0.25, 0.3) is 0 Å². The van der Waals surface area contributed by atoms with Crippen LogP contribution in [-0.4, -0.2) is 31.0 Å². The first kappa shape index (κ1) is 12.1. The van der Waals surface area contributed by atoms with Crippen molar-refractivity contribution in [1.82, 2.24) is 4.90 Å². The van der Waals surface area contributed by atoms with Crippen molar-refractivity contribution >= 4 is 11.6 Å². The van der Waals surface area contributed by atoms with Crippen LogP contribution in [0.1, 0.15) is 0 Å². The molecule has 0 radical (unpaired) electrons. The summed E-state index contributed by atoms with van der Waals surface area (Å²) in [6.07, 6.45) is 1.67. The lowest BCUT2D eigenvalue weighted by molar-refractivity contribution is -0.131. The molecule has 2 N–H and O–H groups in total. The second kappa shape index (κ2) is 5.80. The normalized spacial score (nSPS) is 9.56. The lowest BCUT2D eigenvalue weighted by Crippen LogP contribution is -2.31. The number of likely N-dealkylation sites (N-methyl/N-ethyl adjacent to an activating group) is 1. The fourth-order valence-electron chi connectivity index (χ4n) is 1.11. The highest BCUT2D eigenvalue weighted by Gasteiger charge is 2.07. The zero-order valence-corrected chi connectivity index (χ0v) is 9.35. The number of carbonyl (C=O) groups is 1. The second-order valence-corrected chi connectivity index (χ2v) is 3.42. The standard InChI is InChI=1S/C12H16N2O2/c1-3-8-14(2)12(15)9-16-11-6-4-10(13)5-7-11/h3-7H,1,8-9,13H2,2H3. The van der Waals surface area contributed by atoms with Crippen molar-refractivity contribution in [1.29, 1.82) is 0 Å². The van der Waals surface area contributed by atoms with E-state index < -0.39 is 0 Å². The van der Waals surface area contributed by atoms with Gasteiger partial charge in [0.1, 0.15) is 5.75 Å². The Morgan fingerprint density at radius 1 is 1.50 bits per heavy atom. The smallest absolute Gasteiger partial charge is 0.260 e. The Morgan fingerprint density at radius 3 is 2.69 bits per heavy atom. The van der Waals surface area contributed by atoms with Crippen LogP contribution in [0.5, 0.6) is 5.75 Å². The molecule has 0 heterocycles. The topological polar surface area (TPSA) is 55.6 Å². The van der Waals surface area contributed by atoms with Gasteiger partial charge in [-0.1, -0.05) is 6.08 Å². The molecule has 1 amide bonds. The molecule has 0 saturated carbocycles. The molecular formula is C12H16N2O2. The van der Waals surface area contributed by atoms with Gasteiger partial charge >= 0.3 is 0 Å². The van der Waals surface area contributed by atoms with Crippen LogP contribution in [0.15, 0.2) is 36.9 Å². The van der Waals surface area contributed by atoms with Crippen LogP contribution in [0.3, 0.4) is 0 Å². The maximum atomic E-state index is 11.5. The lowest BCUT2D eigenvalue weighted by atomic mass is 10.3. The summed E-state index contributed by atoms with van der Waals surface area (Å²) < 4.78 is 5.31. The molecule has 0 aliphatic heterocycles. The first-order valence-corrected chi connectivity index (χ1v) is 4.96. The Labute approximate surface area is 95.3 Å². The van der Waals surface area contributed by atoms with Gasteiger partial charge in [0.05, 0.1) is 0 Å². The number of ether oxygens (including phenoxy) is 1. The Kier molecular flexibility index (Phi) is 4.39. The van der Waals surface area contributed by atoms with Crippen molar-refractivity contribution in [3.63, 3.8) is 0 Å². The molecule has 1 aromatic rings. The zero-order valence-electron chi connectivity index (χ0n) is 9.35. The molecule has 0 aliphatic rings. The molecule has 1 aromatic carbocycles. The minimum Gasteiger partial charge on any atom is -0.484 e. The fraction of sp³-hybridized carbons (Fsp3) is 0.250. The minimum absolute atomic E-state index is 0.0221. The quantitative estimate of drug-likeness (QED) is 0.601. The molecule has 0 fully saturated rings. The molecule has 4 nitrogen and oxygen atoms in total. The van der Waals surface area contributed by atoms with Crippen LogP contribution in [0.2, 0.25) is 0 Å². The molecule has 0 aliphatic carbocycles. The average molecular weight is 220 g/mol. The first-order valence-electron chi connectivity index (χ1n) is 4.96. The molecule has 16 heavy (non-hydrogen) atoms. The zero-order chi connectivity index (χ0) is 12.0. The van der Waals surface area contributed by atoms with Gasteiger partial charge in [-0.2, -0.15) is 0 Å². The number of anilines is 1. The number of carbonyl (C=O) groups excluding carboxylic acids is 1. The predicted molar refractivity (Wildman–Crippen MR) is 64.2 cm³/mol. The molecule has 0 bridgehead atoms. The van der Waals surface area contributed by atoms with Crippen molar-refractivity contribution in [2.75, 3.05) is 25.9 Å². The number of nitrogens with zero attached hydrogens (tertiary/aromatic N) is 1. The number of hydrogen-bond donors (Lipinski definition) is 1. The van der Waals surface area contributed by atoms with Crippen LogP contribution in [0.4, 0.5) is 5.69 Å². The van der Waals surface area contributed by atoms with Gasteiger partial charge in [0, 0.05) is 19.3 Å². The van der Waals surface area contributed by atoms with Crippen molar-refractivity contribution in [3.05, 3.63) is 36.9 Å². The van der Waals surface area contributed by atoms with Crippen LogP contribution in [0, 0.1) is 0 Å². The average Bonchev–Trinajstić information content (AvgIpc) is 2.28. The van der Waals surface area contributed by atoms with Gasteiger partial charge in [0.25, 0.3) is 5.91 Å². The molecule has 1 rings (SSSR count). The summed E-state index contributed by atoms with van der Waals surface area (Å²) in [5.41, 5.74) is 6.20. The number of nitrogen functional groups attached to an aromatic ring is 1. The fourth-order valence-corrected chi connectivity index (χ4v) is 1.11. The Hall–Kier alpha value is -1.97. The molecule has 0 unspecified atom stereocenters. The van der Waals surface area contributed by atoms with Gasteiger partial charge in [0.15, 0.2) is 6.61 Å². The highest BCUT2D eigenvalue weighted by atomic mass is 16.5. The monoisotopic (exact) mass is 220 g/mol. The van der Waals surface area contributed by atoms with E-state index in [-0.39, 0.29) is 12.5 Å². The summed E-state index contributed by atoms with van der Waals surface area (Å²) in [5.74, 6) is 0.547. The number of hydrogen-bond acceptors (Lipinski definition) is 3. The SMILES string of the molecule is C=CCN(C)C(=O)COc1ccc(N)cc1. The van der Waals surface area contributed by atoms with E-state index >= 15 is 0 Å². The van der Waals surface area contributed by atoms with Crippen LogP contribution < -0.4 is 10.5 Å². The van der Waals surface area contributed by atoms with E-state index in [0.717, 1.165) is 0 Å². The molecule has 0 aromatic heterocycles. The van der Waals surface area contributed by atoms with E-state index in [2.05, 4.69) is 6.58 Å². The van der Waals surface area contributed by atoms with Gasteiger partial charge in [-0.05, 0) is 24.3 Å². The Bertz CT molecular complexity index is 360. The van der Waals surface area contributed by atoms with E-state index in [1.807, 2.05) is 0 Å². The molecule has 4 heteroatoms. The Balaban J connectivity index is 2.42. The van der Waals surface area contributed by atoms with Crippen molar-refractivity contribution < 1.29 is 9.53 Å². The lowest BCUT2D eigenvalue weighted by Gasteiger charge is -2.15. The number of benzene rings is 1.